The van der Waals surface area contributed by atoms with E-state index in [-0.39, 0.29) is 5.91 Å². The third-order valence-electron chi connectivity index (χ3n) is 2.47. The van der Waals surface area contributed by atoms with Gasteiger partial charge in [-0.3, -0.25) is 4.79 Å². The Morgan fingerprint density at radius 2 is 2.44 bits per heavy atom. The van der Waals surface area contributed by atoms with Crippen molar-refractivity contribution in [1.82, 2.24) is 15.5 Å². The molecule has 96 valence electrons. The summed E-state index contributed by atoms with van der Waals surface area (Å²) in [5, 5.41) is 20.2. The minimum atomic E-state index is -0.434. The van der Waals surface area contributed by atoms with Crippen molar-refractivity contribution < 1.29 is 9.90 Å². The van der Waals surface area contributed by atoms with Crippen LogP contribution >= 0.6 is 11.3 Å². The SMILES string of the molecule is CC(O)CCNC(=O)c1sc2nnccc2c1N. The van der Waals surface area contributed by atoms with Crippen LogP contribution in [-0.4, -0.2) is 33.9 Å². The maximum Gasteiger partial charge on any atom is 0.263 e. The number of amides is 1. The van der Waals surface area contributed by atoms with Gasteiger partial charge in [-0.25, -0.2) is 0 Å². The number of nitrogen functional groups attached to an aromatic ring is 1. The van der Waals surface area contributed by atoms with Crippen molar-refractivity contribution in [3.05, 3.63) is 17.1 Å². The Hall–Kier alpha value is -1.73. The molecule has 7 heteroatoms. The molecule has 0 aromatic carbocycles. The van der Waals surface area contributed by atoms with Crippen LogP contribution in [0.2, 0.25) is 0 Å². The summed E-state index contributed by atoms with van der Waals surface area (Å²) in [5.41, 5.74) is 6.33. The van der Waals surface area contributed by atoms with E-state index in [0.29, 0.717) is 28.4 Å². The highest BCUT2D eigenvalue weighted by Crippen LogP contribution is 2.31. The molecule has 0 radical (unpaired) electrons. The number of nitrogens with one attached hydrogen (secondary N) is 1. The summed E-state index contributed by atoms with van der Waals surface area (Å²) in [6, 6.07) is 1.74. The quantitative estimate of drug-likeness (QED) is 0.759. The van der Waals surface area contributed by atoms with Crippen LogP contribution in [0.25, 0.3) is 10.2 Å². The molecule has 2 aromatic heterocycles. The fourth-order valence-electron chi connectivity index (χ4n) is 1.52. The van der Waals surface area contributed by atoms with Crippen LogP contribution < -0.4 is 11.1 Å². The molecule has 18 heavy (non-hydrogen) atoms. The molecule has 0 spiro atoms. The number of carbonyl (C=O) groups is 1. The zero-order chi connectivity index (χ0) is 13.1. The van der Waals surface area contributed by atoms with E-state index in [9.17, 15) is 4.79 Å². The largest absolute Gasteiger partial charge is 0.397 e. The molecular weight excluding hydrogens is 252 g/mol. The van der Waals surface area contributed by atoms with Gasteiger partial charge in [0.2, 0.25) is 0 Å². The molecule has 0 fully saturated rings. The standard InChI is InChI=1S/C11H14N4O2S/c1-6(16)2-4-13-10(17)9-8(12)7-3-5-14-15-11(7)18-9/h3,5-6,16H,2,4,12H2,1H3,(H,13,17). The molecule has 1 atom stereocenters. The fourth-order valence-corrected chi connectivity index (χ4v) is 2.47. The lowest BCUT2D eigenvalue weighted by atomic mass is 10.2. The second-order valence-corrected chi connectivity index (χ2v) is 4.99. The molecule has 0 aliphatic rings. The normalized spacial score (nSPS) is 12.6. The van der Waals surface area contributed by atoms with Crippen LogP contribution in [0.4, 0.5) is 5.69 Å². The smallest absolute Gasteiger partial charge is 0.263 e. The second-order valence-electron chi connectivity index (χ2n) is 3.99. The van der Waals surface area contributed by atoms with Gasteiger partial charge in [0.05, 0.1) is 18.0 Å². The van der Waals surface area contributed by atoms with E-state index in [1.807, 2.05) is 0 Å². The van der Waals surface area contributed by atoms with E-state index in [4.69, 9.17) is 10.8 Å². The second kappa shape index (κ2) is 5.28. The third-order valence-corrected chi connectivity index (χ3v) is 3.58. The van der Waals surface area contributed by atoms with E-state index in [1.54, 1.807) is 19.2 Å². The summed E-state index contributed by atoms with van der Waals surface area (Å²) >= 11 is 1.22. The van der Waals surface area contributed by atoms with Crippen LogP contribution in [0.5, 0.6) is 0 Å². The Kier molecular flexibility index (Phi) is 3.73. The maximum atomic E-state index is 11.9. The molecule has 0 saturated carbocycles. The van der Waals surface area contributed by atoms with E-state index < -0.39 is 6.10 Å². The highest BCUT2D eigenvalue weighted by molar-refractivity contribution is 7.21. The van der Waals surface area contributed by atoms with Gasteiger partial charge < -0.3 is 16.2 Å². The fraction of sp³-hybridized carbons (Fsp3) is 0.364. The first-order chi connectivity index (χ1) is 8.59. The van der Waals surface area contributed by atoms with Crippen molar-refractivity contribution in [2.45, 2.75) is 19.4 Å². The van der Waals surface area contributed by atoms with Gasteiger partial charge in [-0.05, 0) is 19.4 Å². The molecule has 1 unspecified atom stereocenters. The van der Waals surface area contributed by atoms with Gasteiger partial charge in [-0.15, -0.1) is 16.4 Å². The summed E-state index contributed by atoms with van der Waals surface area (Å²) in [5.74, 6) is -0.240. The lowest BCUT2D eigenvalue weighted by Gasteiger charge is -2.05. The van der Waals surface area contributed by atoms with Crippen molar-refractivity contribution in [3.63, 3.8) is 0 Å². The van der Waals surface area contributed by atoms with Gasteiger partial charge in [0.25, 0.3) is 5.91 Å². The summed E-state index contributed by atoms with van der Waals surface area (Å²) in [4.78, 5) is 13.0. The van der Waals surface area contributed by atoms with Crippen molar-refractivity contribution in [2.75, 3.05) is 12.3 Å². The molecule has 6 nitrogen and oxygen atoms in total. The minimum Gasteiger partial charge on any atom is -0.397 e. The Morgan fingerprint density at radius 1 is 1.67 bits per heavy atom. The third kappa shape index (κ3) is 2.57. The lowest BCUT2D eigenvalue weighted by molar-refractivity contribution is 0.0950. The average molecular weight is 266 g/mol. The summed E-state index contributed by atoms with van der Waals surface area (Å²) in [6.45, 7) is 2.09. The van der Waals surface area contributed by atoms with E-state index in [0.717, 1.165) is 5.39 Å². The van der Waals surface area contributed by atoms with Crippen LogP contribution in [0, 0.1) is 0 Å². The molecule has 0 aliphatic heterocycles. The molecule has 0 bridgehead atoms. The van der Waals surface area contributed by atoms with Gasteiger partial charge in [0.1, 0.15) is 9.71 Å². The number of aliphatic hydroxyl groups is 1. The van der Waals surface area contributed by atoms with Gasteiger partial charge in [0.15, 0.2) is 0 Å². The van der Waals surface area contributed by atoms with E-state index in [1.165, 1.54) is 11.3 Å². The first kappa shape index (κ1) is 12.7. The number of aliphatic hydroxyl groups excluding tert-OH is 1. The summed E-state index contributed by atoms with van der Waals surface area (Å²) in [6.07, 6.45) is 1.62. The number of fused-ring (bicyclic) bond motifs is 1. The number of hydrogen-bond acceptors (Lipinski definition) is 6. The Bertz CT molecular complexity index is 567. The molecule has 2 rings (SSSR count). The van der Waals surface area contributed by atoms with Gasteiger partial charge in [-0.1, -0.05) is 0 Å². The van der Waals surface area contributed by atoms with Crippen LogP contribution in [0.3, 0.4) is 0 Å². The zero-order valence-electron chi connectivity index (χ0n) is 9.88. The van der Waals surface area contributed by atoms with Crippen LogP contribution in [-0.2, 0) is 0 Å². The first-order valence-electron chi connectivity index (χ1n) is 5.55. The highest BCUT2D eigenvalue weighted by atomic mass is 32.1. The average Bonchev–Trinajstić information content (AvgIpc) is 2.67. The van der Waals surface area contributed by atoms with Crippen molar-refractivity contribution in [2.24, 2.45) is 0 Å². The van der Waals surface area contributed by atoms with E-state index in [2.05, 4.69) is 15.5 Å². The monoisotopic (exact) mass is 266 g/mol. The highest BCUT2D eigenvalue weighted by Gasteiger charge is 2.16. The predicted molar refractivity (Wildman–Crippen MR) is 70.5 cm³/mol. The predicted octanol–water partition coefficient (Wildman–Crippen LogP) is 0.774. The molecule has 2 aromatic rings. The first-order valence-corrected chi connectivity index (χ1v) is 6.37. The molecule has 0 aliphatic carbocycles. The Labute approximate surface area is 108 Å². The summed E-state index contributed by atoms with van der Waals surface area (Å²) < 4.78 is 0. The number of nitrogens with two attached hydrogens (primary N) is 1. The number of carbonyl (C=O) groups excluding carboxylic acids is 1. The van der Waals surface area contributed by atoms with Crippen molar-refractivity contribution in [3.8, 4) is 0 Å². The molecule has 4 N–H and O–H groups in total. The number of anilines is 1. The van der Waals surface area contributed by atoms with Gasteiger partial charge in [-0.2, -0.15) is 5.10 Å². The van der Waals surface area contributed by atoms with Crippen molar-refractivity contribution in [1.29, 1.82) is 0 Å². The maximum absolute atomic E-state index is 11.9. The lowest BCUT2D eigenvalue weighted by Crippen LogP contribution is -2.26. The Morgan fingerprint density at radius 3 is 3.11 bits per heavy atom. The van der Waals surface area contributed by atoms with Gasteiger partial charge >= 0.3 is 0 Å². The number of rotatable bonds is 4. The van der Waals surface area contributed by atoms with Crippen LogP contribution in [0.1, 0.15) is 23.0 Å². The summed E-state index contributed by atoms with van der Waals surface area (Å²) in [7, 11) is 0. The zero-order valence-corrected chi connectivity index (χ0v) is 10.7. The molecular formula is C11H14N4O2S. The van der Waals surface area contributed by atoms with Gasteiger partial charge in [0, 0.05) is 11.9 Å². The minimum absolute atomic E-state index is 0.240. The molecule has 2 heterocycles. The molecule has 1 amide bonds. The molecule has 0 saturated heterocycles. The van der Waals surface area contributed by atoms with Crippen LogP contribution in [0.15, 0.2) is 12.3 Å². The van der Waals surface area contributed by atoms with E-state index >= 15 is 0 Å². The number of nitrogens with zero attached hydrogens (tertiary/aromatic N) is 2. The van der Waals surface area contributed by atoms with Crippen molar-refractivity contribution >= 4 is 33.1 Å². The topological polar surface area (TPSA) is 101 Å². The Balaban J connectivity index is 2.15. The number of aromatic nitrogens is 2. The number of thiophene rings is 1. The number of hydrogen-bond donors (Lipinski definition) is 3.